The first-order valence-corrected chi connectivity index (χ1v) is 12.0. The molecule has 5 heteroatoms. The molecule has 0 fully saturated rings. The lowest BCUT2D eigenvalue weighted by molar-refractivity contribution is 0.395. The number of aliphatic hydroxyl groups excluding tert-OH is 1. The number of phenols is 1. The molecule has 1 aliphatic heterocycles. The van der Waals surface area contributed by atoms with Crippen LogP contribution >= 0.6 is 7.37 Å². The maximum absolute atomic E-state index is 14.7. The Bertz CT molecular complexity index is 1290. The van der Waals surface area contributed by atoms with Crippen LogP contribution in [0.15, 0.2) is 92.2 Å². The third kappa shape index (κ3) is 3.57. The van der Waals surface area contributed by atoms with E-state index in [4.69, 9.17) is 4.52 Å². The zero-order valence-corrected chi connectivity index (χ0v) is 18.6. The minimum Gasteiger partial charge on any atom is -0.513 e. The van der Waals surface area contributed by atoms with Crippen molar-refractivity contribution < 1.29 is 19.3 Å². The number of para-hydroxylation sites is 1. The topological polar surface area (TPSA) is 66.8 Å². The molecule has 3 aromatic rings. The van der Waals surface area contributed by atoms with Crippen molar-refractivity contribution in [2.75, 3.05) is 0 Å². The van der Waals surface area contributed by atoms with Crippen LogP contribution in [0.1, 0.15) is 16.7 Å². The Morgan fingerprint density at radius 3 is 2.28 bits per heavy atom. The van der Waals surface area contributed by atoms with Crippen LogP contribution < -0.4 is 15.1 Å². The molecule has 0 saturated heterocycles. The summed E-state index contributed by atoms with van der Waals surface area (Å²) < 4.78 is 20.9. The van der Waals surface area contributed by atoms with E-state index in [0.717, 1.165) is 11.1 Å². The quantitative estimate of drug-likeness (QED) is 0.277. The van der Waals surface area contributed by atoms with E-state index in [1.165, 1.54) is 0 Å². The number of aliphatic hydroxyl groups is 1. The van der Waals surface area contributed by atoms with Gasteiger partial charge < -0.3 is 14.7 Å². The minimum absolute atomic E-state index is 0.0235. The Hall–Kier alpha value is -3.49. The van der Waals surface area contributed by atoms with Crippen molar-refractivity contribution in [2.45, 2.75) is 19.3 Å². The lowest BCUT2D eigenvalue weighted by atomic mass is 9.95. The molecule has 32 heavy (non-hydrogen) atoms. The van der Waals surface area contributed by atoms with Crippen molar-refractivity contribution >= 4 is 18.0 Å². The molecule has 3 aromatic carbocycles. The molecule has 4 rings (SSSR count). The first-order valence-electron chi connectivity index (χ1n) is 10.3. The minimum atomic E-state index is -3.61. The van der Waals surface area contributed by atoms with Gasteiger partial charge in [-0.3, -0.25) is 4.57 Å². The summed E-state index contributed by atoms with van der Waals surface area (Å²) in [5.74, 6) is 0.448. The molecule has 0 radical (unpaired) electrons. The Morgan fingerprint density at radius 2 is 1.59 bits per heavy atom. The van der Waals surface area contributed by atoms with Crippen LogP contribution in [-0.2, 0) is 23.8 Å². The monoisotopic (exact) mass is 444 g/mol. The van der Waals surface area contributed by atoms with Crippen LogP contribution in [0.4, 0.5) is 0 Å². The van der Waals surface area contributed by atoms with Gasteiger partial charge in [-0.25, -0.2) is 0 Å². The van der Waals surface area contributed by atoms with Crippen LogP contribution in [0.2, 0.25) is 0 Å². The molecular formula is C27H25O4P. The van der Waals surface area contributed by atoms with E-state index in [-0.39, 0.29) is 24.4 Å². The van der Waals surface area contributed by atoms with Gasteiger partial charge in [-0.1, -0.05) is 55.1 Å². The van der Waals surface area contributed by atoms with Gasteiger partial charge in [-0.15, -0.1) is 13.2 Å². The summed E-state index contributed by atoms with van der Waals surface area (Å²) in [5, 5.41) is 22.1. The van der Waals surface area contributed by atoms with Crippen LogP contribution in [0.3, 0.4) is 0 Å². The number of allylic oxidation sites excluding steroid dienone is 3. The van der Waals surface area contributed by atoms with E-state index in [0.29, 0.717) is 39.5 Å². The van der Waals surface area contributed by atoms with Gasteiger partial charge in [0.2, 0.25) is 0 Å². The summed E-state index contributed by atoms with van der Waals surface area (Å²) in [6.07, 6.45) is 4.16. The first kappa shape index (κ1) is 21.7. The van der Waals surface area contributed by atoms with Gasteiger partial charge in [0, 0.05) is 23.1 Å². The average Bonchev–Trinajstić information content (AvgIpc) is 2.78. The molecule has 1 aliphatic rings. The average molecular weight is 444 g/mol. The fraction of sp³-hybridized carbons (Fsp3) is 0.111. The van der Waals surface area contributed by atoms with Crippen molar-refractivity contribution in [1.82, 2.24) is 0 Å². The summed E-state index contributed by atoms with van der Waals surface area (Å²) in [4.78, 5) is 0. The van der Waals surface area contributed by atoms with Crippen LogP contribution in [-0.4, -0.2) is 10.2 Å². The van der Waals surface area contributed by atoms with Gasteiger partial charge in [-0.2, -0.15) is 0 Å². The molecular weight excluding hydrogens is 419 g/mol. The SMILES string of the molecule is C=CCc1cc(P2(=O)Oc3ccccc3-c3ccccc32)c(CC=C)c(O)c1CC(=C)O. The second kappa shape index (κ2) is 8.57. The van der Waals surface area contributed by atoms with Gasteiger partial charge in [0.05, 0.1) is 16.4 Å². The molecule has 1 heterocycles. The Morgan fingerprint density at radius 1 is 0.938 bits per heavy atom. The molecule has 0 amide bonds. The van der Waals surface area contributed by atoms with Crippen LogP contribution in [0.5, 0.6) is 11.5 Å². The maximum atomic E-state index is 14.7. The number of fused-ring (bicyclic) bond motifs is 3. The summed E-state index contributed by atoms with van der Waals surface area (Å²) in [7, 11) is -3.61. The molecule has 0 spiro atoms. The van der Waals surface area contributed by atoms with Gasteiger partial charge in [0.15, 0.2) is 0 Å². The standard InChI is InChI=1S/C27H25O4P/c1-4-10-19-17-26(22(11-5-2)27(29)23(19)16-18(3)28)32(30)25-15-9-7-13-21(25)20-12-6-8-14-24(20)31-32/h4-9,12-15,17,28-29H,1-3,10-11,16H2. The lowest BCUT2D eigenvalue weighted by Gasteiger charge is -2.31. The van der Waals surface area contributed by atoms with Gasteiger partial charge in [-0.05, 0) is 42.2 Å². The zero-order valence-electron chi connectivity index (χ0n) is 17.8. The Balaban J connectivity index is 2.04. The van der Waals surface area contributed by atoms with Crippen molar-refractivity contribution in [2.24, 2.45) is 0 Å². The van der Waals surface area contributed by atoms with Gasteiger partial charge in [0.25, 0.3) is 0 Å². The molecule has 4 nitrogen and oxygen atoms in total. The Kier molecular flexibility index (Phi) is 5.82. The first-order chi connectivity index (χ1) is 15.4. The molecule has 0 saturated carbocycles. The maximum Gasteiger partial charge on any atom is 0.307 e. The number of aromatic hydroxyl groups is 1. The van der Waals surface area contributed by atoms with Crippen molar-refractivity contribution in [3.8, 4) is 22.6 Å². The molecule has 0 aliphatic carbocycles. The summed E-state index contributed by atoms with van der Waals surface area (Å²) in [6, 6.07) is 16.8. The van der Waals surface area contributed by atoms with E-state index in [9.17, 15) is 14.8 Å². The highest BCUT2D eigenvalue weighted by atomic mass is 31.2. The van der Waals surface area contributed by atoms with Crippen molar-refractivity contribution in [1.29, 1.82) is 0 Å². The second-order valence-electron chi connectivity index (χ2n) is 7.75. The normalized spacial score (nSPS) is 16.4. The fourth-order valence-electron chi connectivity index (χ4n) is 4.24. The number of phenolic OH excluding ortho intramolecular Hbond substituents is 1. The number of benzene rings is 3. The predicted octanol–water partition coefficient (Wildman–Crippen LogP) is 5.75. The van der Waals surface area contributed by atoms with Crippen LogP contribution in [0.25, 0.3) is 11.1 Å². The van der Waals surface area contributed by atoms with E-state index in [1.54, 1.807) is 18.2 Å². The third-order valence-corrected chi connectivity index (χ3v) is 8.13. The number of hydrogen-bond acceptors (Lipinski definition) is 4. The third-order valence-electron chi connectivity index (χ3n) is 5.62. The smallest absolute Gasteiger partial charge is 0.307 e. The molecule has 2 N–H and O–H groups in total. The van der Waals surface area contributed by atoms with E-state index in [1.807, 2.05) is 48.5 Å². The molecule has 0 bridgehead atoms. The van der Waals surface area contributed by atoms with Crippen LogP contribution in [0, 0.1) is 0 Å². The highest BCUT2D eigenvalue weighted by Crippen LogP contribution is 2.55. The van der Waals surface area contributed by atoms with Gasteiger partial charge >= 0.3 is 7.37 Å². The van der Waals surface area contributed by atoms with E-state index < -0.39 is 7.37 Å². The molecule has 0 aromatic heterocycles. The Labute approximate surface area is 188 Å². The van der Waals surface area contributed by atoms with E-state index in [2.05, 4.69) is 19.7 Å². The van der Waals surface area contributed by atoms with Crippen molar-refractivity contribution in [3.05, 3.63) is 109 Å². The highest BCUT2D eigenvalue weighted by Gasteiger charge is 2.40. The number of rotatable bonds is 7. The highest BCUT2D eigenvalue weighted by molar-refractivity contribution is 7.75. The second-order valence-corrected chi connectivity index (χ2v) is 9.99. The van der Waals surface area contributed by atoms with E-state index >= 15 is 0 Å². The summed E-state index contributed by atoms with van der Waals surface area (Å²) in [5.41, 5.74) is 3.45. The number of hydrogen-bond donors (Lipinski definition) is 2. The predicted molar refractivity (Wildman–Crippen MR) is 131 cm³/mol. The zero-order chi connectivity index (χ0) is 22.9. The molecule has 1 atom stereocenters. The van der Waals surface area contributed by atoms with Gasteiger partial charge in [0.1, 0.15) is 11.5 Å². The summed E-state index contributed by atoms with van der Waals surface area (Å²) >= 11 is 0. The molecule has 162 valence electrons. The summed E-state index contributed by atoms with van der Waals surface area (Å²) in [6.45, 7) is 11.2. The fourth-order valence-corrected chi connectivity index (χ4v) is 6.80. The lowest BCUT2D eigenvalue weighted by Crippen LogP contribution is -2.28. The largest absolute Gasteiger partial charge is 0.513 e. The molecule has 1 unspecified atom stereocenters. The van der Waals surface area contributed by atoms with Crippen molar-refractivity contribution in [3.63, 3.8) is 0 Å².